The van der Waals surface area contributed by atoms with Gasteiger partial charge in [0.2, 0.25) is 0 Å². The molecule has 0 saturated heterocycles. The first-order chi connectivity index (χ1) is 18.1. The van der Waals surface area contributed by atoms with Crippen LogP contribution in [0.1, 0.15) is 58.8 Å². The van der Waals surface area contributed by atoms with Gasteiger partial charge in [-0.15, -0.1) is 0 Å². The van der Waals surface area contributed by atoms with E-state index in [4.69, 9.17) is 18.5 Å². The van der Waals surface area contributed by atoms with Crippen LogP contribution in [0.3, 0.4) is 0 Å². The zero-order valence-electron chi connectivity index (χ0n) is 24.1. The number of allylic oxidation sites excluding steroid dienone is 9. The molecule has 0 rings (SSSR count). The van der Waals surface area contributed by atoms with E-state index in [0.717, 1.165) is 32.1 Å². The number of nitrogens with zero attached hydrogens (tertiary/aromatic N) is 1. The highest BCUT2D eigenvalue weighted by atomic mass is 31.2. The Morgan fingerprint density at radius 1 is 0.789 bits per heavy atom. The molecule has 0 aliphatic carbocycles. The molecule has 0 aliphatic heterocycles. The molecule has 0 spiro atoms. The van der Waals surface area contributed by atoms with Crippen molar-refractivity contribution in [1.29, 1.82) is 0 Å². The summed E-state index contributed by atoms with van der Waals surface area (Å²) in [5, 5.41) is 0. The molecule has 0 saturated carbocycles. The third-order valence-electron chi connectivity index (χ3n) is 4.92. The number of rotatable bonds is 23. The lowest BCUT2D eigenvalue weighted by atomic mass is 10.2. The van der Waals surface area contributed by atoms with Crippen molar-refractivity contribution in [1.82, 2.24) is 0 Å². The van der Waals surface area contributed by atoms with E-state index in [1.54, 1.807) is 6.92 Å². The molecule has 0 amide bonds. The zero-order valence-corrected chi connectivity index (χ0v) is 25.0. The van der Waals surface area contributed by atoms with Gasteiger partial charge in [0.15, 0.2) is 0 Å². The lowest BCUT2D eigenvalue weighted by molar-refractivity contribution is -0.870. The summed E-state index contributed by atoms with van der Waals surface area (Å²) in [5.74, 6) is -0.432. The first-order valence-corrected chi connectivity index (χ1v) is 15.0. The van der Waals surface area contributed by atoms with Crippen LogP contribution in [-0.2, 0) is 27.9 Å². The fourth-order valence-corrected chi connectivity index (χ4v) is 3.51. The molecule has 2 unspecified atom stereocenters. The van der Waals surface area contributed by atoms with Gasteiger partial charge in [-0.1, -0.05) is 74.6 Å². The van der Waals surface area contributed by atoms with Crippen LogP contribution < -0.4 is 0 Å². The van der Waals surface area contributed by atoms with Crippen molar-refractivity contribution in [3.05, 3.63) is 60.8 Å². The number of likely N-dealkylation sites (N-methyl/N-ethyl adjacent to an activating group) is 1. The molecule has 38 heavy (non-hydrogen) atoms. The monoisotopic (exact) mass is 556 g/mol. The van der Waals surface area contributed by atoms with Crippen LogP contribution in [0.2, 0.25) is 0 Å². The van der Waals surface area contributed by atoms with Crippen LogP contribution in [0.25, 0.3) is 0 Å². The Balaban J connectivity index is 4.14. The summed E-state index contributed by atoms with van der Waals surface area (Å²) in [5.41, 5.74) is 0. The maximum Gasteiger partial charge on any atom is 0.472 e. The average Bonchev–Trinajstić information content (AvgIpc) is 2.85. The minimum Gasteiger partial charge on any atom is -0.457 e. The number of quaternary nitrogens is 1. The number of hydrogen-bond donors (Lipinski definition) is 1. The molecule has 0 bridgehead atoms. The molecule has 0 aliphatic rings. The molecular formula is C29H51NO7P+. The van der Waals surface area contributed by atoms with Gasteiger partial charge in [0, 0.05) is 6.42 Å². The van der Waals surface area contributed by atoms with E-state index < -0.39 is 19.9 Å². The van der Waals surface area contributed by atoms with Gasteiger partial charge < -0.3 is 18.9 Å². The van der Waals surface area contributed by atoms with E-state index in [1.165, 1.54) is 0 Å². The predicted molar refractivity (Wildman–Crippen MR) is 155 cm³/mol. The normalized spacial score (nSPS) is 15.4. The van der Waals surface area contributed by atoms with Crippen LogP contribution in [0, 0.1) is 0 Å². The smallest absolute Gasteiger partial charge is 0.457 e. The lowest BCUT2D eigenvalue weighted by Crippen LogP contribution is -2.37. The Kier molecular flexibility index (Phi) is 22.0. The number of hydrogen-bond acceptors (Lipinski definition) is 6. The predicted octanol–water partition coefficient (Wildman–Crippen LogP) is 6.31. The Labute approximate surface area is 230 Å². The Morgan fingerprint density at radius 3 is 1.82 bits per heavy atom. The molecule has 2 atom stereocenters. The van der Waals surface area contributed by atoms with Crippen LogP contribution in [0.4, 0.5) is 0 Å². The van der Waals surface area contributed by atoms with Crippen LogP contribution >= 0.6 is 7.82 Å². The molecule has 0 aromatic heterocycles. The third-order valence-corrected chi connectivity index (χ3v) is 5.90. The summed E-state index contributed by atoms with van der Waals surface area (Å²) in [7, 11) is 1.60. The number of esters is 1. The van der Waals surface area contributed by atoms with Crippen molar-refractivity contribution in [2.75, 3.05) is 54.1 Å². The maximum absolute atomic E-state index is 12.1. The Morgan fingerprint density at radius 2 is 1.32 bits per heavy atom. The molecule has 9 heteroatoms. The second kappa shape index (κ2) is 23.1. The molecule has 0 aromatic rings. The largest absolute Gasteiger partial charge is 0.472 e. The third kappa shape index (κ3) is 25.8. The second-order valence-electron chi connectivity index (χ2n) is 9.65. The minimum absolute atomic E-state index is 0.0648. The molecule has 1 N–H and O–H groups in total. The first kappa shape index (κ1) is 36.2. The summed E-state index contributed by atoms with van der Waals surface area (Å²) < 4.78 is 33.6. The van der Waals surface area contributed by atoms with Gasteiger partial charge in [0.05, 0.1) is 41.0 Å². The number of carbonyl (C=O) groups is 1. The summed E-state index contributed by atoms with van der Waals surface area (Å²) >= 11 is 0. The number of phosphoric acid groups is 1. The molecule has 8 nitrogen and oxygen atoms in total. The maximum atomic E-state index is 12.1. The topological polar surface area (TPSA) is 91.3 Å². The molecule has 0 fully saturated rings. The van der Waals surface area contributed by atoms with E-state index in [-0.39, 0.29) is 26.2 Å². The zero-order chi connectivity index (χ0) is 28.5. The number of phosphoric ester groups is 1. The van der Waals surface area contributed by atoms with Crippen molar-refractivity contribution in [3.8, 4) is 0 Å². The van der Waals surface area contributed by atoms with Gasteiger partial charge in [-0.25, -0.2) is 4.57 Å². The highest BCUT2D eigenvalue weighted by Crippen LogP contribution is 2.43. The fourth-order valence-electron chi connectivity index (χ4n) is 2.76. The van der Waals surface area contributed by atoms with E-state index in [9.17, 15) is 14.3 Å². The van der Waals surface area contributed by atoms with E-state index in [0.29, 0.717) is 24.1 Å². The molecule has 0 radical (unpaired) electrons. The summed E-state index contributed by atoms with van der Waals surface area (Å²) in [6, 6.07) is 0. The van der Waals surface area contributed by atoms with Gasteiger partial charge >= 0.3 is 13.8 Å². The Bertz CT molecular complexity index is 797. The van der Waals surface area contributed by atoms with Gasteiger partial charge in [-0.3, -0.25) is 13.8 Å². The van der Waals surface area contributed by atoms with Crippen molar-refractivity contribution >= 4 is 13.8 Å². The average molecular weight is 557 g/mol. The summed E-state index contributed by atoms with van der Waals surface area (Å²) in [4.78, 5) is 21.6. The van der Waals surface area contributed by atoms with E-state index in [1.807, 2.05) is 27.2 Å². The molecule has 0 heterocycles. The quantitative estimate of drug-likeness (QED) is 0.0519. The standard InChI is InChI=1S/C29H50NO7P/c1-6-8-9-10-11-12-13-14-15-16-17-18-19-20-21-22-24-34-26-28(37-29(31)7-2)27-36-38(32,33)35-25-23-30(3,4)5/h8-9,11-12,14-15,17-18,20-21,28H,6-7,10,13,16,19,22-27H2,1-5H3/p+1/b9-8-,12-11-,15-14-,18-17-,21-20-. The number of carbonyl (C=O) groups excluding carboxylic acids is 1. The van der Waals surface area contributed by atoms with Crippen LogP contribution in [0.5, 0.6) is 0 Å². The van der Waals surface area contributed by atoms with E-state index in [2.05, 4.69) is 61.6 Å². The van der Waals surface area contributed by atoms with Gasteiger partial charge in [0.1, 0.15) is 19.3 Å². The van der Waals surface area contributed by atoms with Crippen molar-refractivity contribution in [2.24, 2.45) is 0 Å². The van der Waals surface area contributed by atoms with Crippen molar-refractivity contribution in [3.63, 3.8) is 0 Å². The highest BCUT2D eigenvalue weighted by Gasteiger charge is 2.26. The summed E-state index contributed by atoms with van der Waals surface area (Å²) in [6.45, 7) is 4.63. The van der Waals surface area contributed by atoms with E-state index >= 15 is 0 Å². The van der Waals surface area contributed by atoms with Crippen LogP contribution in [0.15, 0.2) is 60.8 Å². The summed E-state index contributed by atoms with van der Waals surface area (Å²) in [6.07, 6.45) is 26.4. The van der Waals surface area contributed by atoms with Crippen molar-refractivity contribution in [2.45, 2.75) is 64.9 Å². The molecule has 0 aromatic carbocycles. The van der Waals surface area contributed by atoms with Crippen LogP contribution in [-0.4, -0.2) is 75.6 Å². The molecular weight excluding hydrogens is 505 g/mol. The number of ether oxygens (including phenoxy) is 2. The second-order valence-corrected chi connectivity index (χ2v) is 11.1. The van der Waals surface area contributed by atoms with Gasteiger partial charge in [-0.05, 0) is 38.5 Å². The SMILES string of the molecule is CC/C=C\C/C=C\C/C=C\C/C=C\C/C=C\CCOCC(COP(=O)(O)OCC[N+](C)(C)C)OC(=O)CC. The highest BCUT2D eigenvalue weighted by molar-refractivity contribution is 7.47. The first-order valence-electron chi connectivity index (χ1n) is 13.5. The minimum atomic E-state index is -4.25. The van der Waals surface area contributed by atoms with Crippen molar-refractivity contribution < 1.29 is 37.3 Å². The molecule has 218 valence electrons. The fraction of sp³-hybridized carbons (Fsp3) is 0.621. The Hall–Kier alpha value is -1.80. The lowest BCUT2D eigenvalue weighted by Gasteiger charge is -2.24. The van der Waals surface area contributed by atoms with Gasteiger partial charge in [0.25, 0.3) is 0 Å². The van der Waals surface area contributed by atoms with Gasteiger partial charge in [-0.2, -0.15) is 0 Å².